The van der Waals surface area contributed by atoms with Gasteiger partial charge in [0.15, 0.2) is 0 Å². The number of halogens is 1. The fraction of sp³-hybridized carbons (Fsp3) is 0.364. The molecular formula is C11H13BrO3. The number of carboxylic acids is 1. The van der Waals surface area contributed by atoms with Crippen molar-refractivity contribution in [3.05, 3.63) is 34.3 Å². The molecule has 0 heterocycles. The number of rotatable bonds is 5. The van der Waals surface area contributed by atoms with Gasteiger partial charge >= 0.3 is 5.97 Å². The van der Waals surface area contributed by atoms with E-state index < -0.39 is 11.9 Å². The second kappa shape index (κ2) is 5.88. The van der Waals surface area contributed by atoms with Crippen LogP contribution in [0.2, 0.25) is 0 Å². The molecule has 82 valence electrons. The molecule has 0 radical (unpaired) electrons. The fourth-order valence-electron chi connectivity index (χ4n) is 1.42. The minimum absolute atomic E-state index is 0.0923. The maximum Gasteiger partial charge on any atom is 0.306 e. The molecule has 0 aromatic heterocycles. The van der Waals surface area contributed by atoms with Gasteiger partial charge in [0.25, 0.3) is 0 Å². The predicted molar refractivity (Wildman–Crippen MR) is 60.7 cm³/mol. The Hall–Kier alpha value is -0.870. The van der Waals surface area contributed by atoms with Crippen LogP contribution >= 0.6 is 15.9 Å². The highest BCUT2D eigenvalue weighted by atomic mass is 79.9. The van der Waals surface area contributed by atoms with Crippen molar-refractivity contribution in [2.75, 3.05) is 6.61 Å². The van der Waals surface area contributed by atoms with Crippen LogP contribution in [-0.4, -0.2) is 22.8 Å². The summed E-state index contributed by atoms with van der Waals surface area (Å²) in [6.07, 6.45) is 0.747. The van der Waals surface area contributed by atoms with Gasteiger partial charge in [0.1, 0.15) is 0 Å². The molecule has 0 saturated carbocycles. The average Bonchev–Trinajstić information content (AvgIpc) is 2.17. The molecule has 1 atom stereocenters. The zero-order chi connectivity index (χ0) is 11.3. The summed E-state index contributed by atoms with van der Waals surface area (Å²) in [5.74, 6) is -1.37. The molecule has 1 unspecified atom stereocenters. The molecule has 1 aromatic carbocycles. The quantitative estimate of drug-likeness (QED) is 0.863. The first kappa shape index (κ1) is 12.2. The monoisotopic (exact) mass is 272 g/mol. The molecule has 3 nitrogen and oxygen atoms in total. The lowest BCUT2D eigenvalue weighted by Gasteiger charge is -2.10. The Labute approximate surface area is 96.9 Å². The SMILES string of the molecule is O=C(O)C(CCO)Cc1cccc(Br)c1. The number of aliphatic hydroxyl groups excluding tert-OH is 1. The summed E-state index contributed by atoms with van der Waals surface area (Å²) >= 11 is 3.33. The average molecular weight is 273 g/mol. The van der Waals surface area contributed by atoms with E-state index in [4.69, 9.17) is 10.2 Å². The summed E-state index contributed by atoms with van der Waals surface area (Å²) in [4.78, 5) is 10.9. The van der Waals surface area contributed by atoms with Crippen molar-refractivity contribution in [1.82, 2.24) is 0 Å². The Balaban J connectivity index is 2.69. The maximum atomic E-state index is 10.9. The summed E-state index contributed by atoms with van der Waals surface area (Å²) < 4.78 is 0.938. The Morgan fingerprint density at radius 1 is 1.47 bits per heavy atom. The number of hydrogen-bond acceptors (Lipinski definition) is 2. The summed E-state index contributed by atoms with van der Waals surface area (Å²) in [6, 6.07) is 7.55. The molecule has 0 amide bonds. The first-order valence-corrected chi connectivity index (χ1v) is 5.51. The van der Waals surface area contributed by atoms with Crippen molar-refractivity contribution in [2.45, 2.75) is 12.8 Å². The van der Waals surface area contributed by atoms with Crippen LogP contribution in [0.25, 0.3) is 0 Å². The number of aliphatic hydroxyl groups is 1. The zero-order valence-corrected chi connectivity index (χ0v) is 9.77. The molecule has 0 aliphatic carbocycles. The van der Waals surface area contributed by atoms with Crippen molar-refractivity contribution in [1.29, 1.82) is 0 Å². The summed E-state index contributed by atoms with van der Waals surface area (Å²) in [6.45, 7) is -0.0923. The van der Waals surface area contributed by atoms with Crippen LogP contribution in [0, 0.1) is 5.92 Å². The van der Waals surface area contributed by atoms with Gasteiger partial charge in [-0.05, 0) is 30.5 Å². The van der Waals surface area contributed by atoms with E-state index in [0.29, 0.717) is 12.8 Å². The zero-order valence-electron chi connectivity index (χ0n) is 8.19. The second-order valence-corrected chi connectivity index (χ2v) is 4.30. The van der Waals surface area contributed by atoms with Crippen LogP contribution in [0.5, 0.6) is 0 Å². The Morgan fingerprint density at radius 2 is 2.20 bits per heavy atom. The molecule has 0 saturated heterocycles. The number of aliphatic carboxylic acids is 1. The van der Waals surface area contributed by atoms with Gasteiger partial charge in [0, 0.05) is 11.1 Å². The van der Waals surface area contributed by atoms with Gasteiger partial charge in [-0.25, -0.2) is 0 Å². The lowest BCUT2D eigenvalue weighted by molar-refractivity contribution is -0.142. The molecule has 0 spiro atoms. The molecule has 0 aliphatic heterocycles. The largest absolute Gasteiger partial charge is 0.481 e. The molecule has 4 heteroatoms. The minimum atomic E-state index is -0.857. The summed E-state index contributed by atoms with van der Waals surface area (Å²) in [5, 5.41) is 17.7. The molecule has 0 aliphatic rings. The Morgan fingerprint density at radius 3 is 2.73 bits per heavy atom. The number of carboxylic acid groups (broad SMARTS) is 1. The van der Waals surface area contributed by atoms with Gasteiger partial charge in [-0.3, -0.25) is 4.79 Å². The first-order valence-electron chi connectivity index (χ1n) is 4.71. The van der Waals surface area contributed by atoms with Crippen LogP contribution in [-0.2, 0) is 11.2 Å². The van der Waals surface area contributed by atoms with Gasteiger partial charge in [-0.2, -0.15) is 0 Å². The van der Waals surface area contributed by atoms with Gasteiger partial charge in [-0.1, -0.05) is 28.1 Å². The van der Waals surface area contributed by atoms with Crippen LogP contribution < -0.4 is 0 Å². The van der Waals surface area contributed by atoms with Crippen LogP contribution in [0.1, 0.15) is 12.0 Å². The van der Waals surface area contributed by atoms with Gasteiger partial charge in [0.05, 0.1) is 5.92 Å². The third-order valence-electron chi connectivity index (χ3n) is 2.20. The highest BCUT2D eigenvalue weighted by Gasteiger charge is 2.17. The Bertz CT molecular complexity index is 338. The maximum absolute atomic E-state index is 10.9. The van der Waals surface area contributed by atoms with Crippen molar-refractivity contribution in [3.8, 4) is 0 Å². The van der Waals surface area contributed by atoms with Crippen LogP contribution in [0.3, 0.4) is 0 Å². The molecule has 1 aromatic rings. The van der Waals surface area contributed by atoms with Crippen LogP contribution in [0.4, 0.5) is 0 Å². The second-order valence-electron chi connectivity index (χ2n) is 3.38. The number of carbonyl (C=O) groups is 1. The van der Waals surface area contributed by atoms with Gasteiger partial charge in [-0.15, -0.1) is 0 Å². The van der Waals surface area contributed by atoms with Crippen molar-refractivity contribution in [3.63, 3.8) is 0 Å². The van der Waals surface area contributed by atoms with E-state index in [-0.39, 0.29) is 6.61 Å². The highest BCUT2D eigenvalue weighted by molar-refractivity contribution is 9.10. The Kier molecular flexibility index (Phi) is 4.78. The molecule has 0 bridgehead atoms. The predicted octanol–water partition coefficient (Wildman–Crippen LogP) is 2.07. The van der Waals surface area contributed by atoms with Gasteiger partial charge in [0.2, 0.25) is 0 Å². The van der Waals surface area contributed by atoms with E-state index in [1.54, 1.807) is 0 Å². The lowest BCUT2D eigenvalue weighted by atomic mass is 9.97. The van der Waals surface area contributed by atoms with E-state index in [2.05, 4.69) is 15.9 Å². The third kappa shape index (κ3) is 4.01. The minimum Gasteiger partial charge on any atom is -0.481 e. The van der Waals surface area contributed by atoms with Crippen molar-refractivity contribution >= 4 is 21.9 Å². The van der Waals surface area contributed by atoms with Gasteiger partial charge < -0.3 is 10.2 Å². The fourth-order valence-corrected chi connectivity index (χ4v) is 1.86. The highest BCUT2D eigenvalue weighted by Crippen LogP contribution is 2.17. The van der Waals surface area contributed by atoms with Crippen molar-refractivity contribution in [2.24, 2.45) is 5.92 Å². The summed E-state index contributed by atoms with van der Waals surface area (Å²) in [5.41, 5.74) is 0.963. The smallest absolute Gasteiger partial charge is 0.306 e. The summed E-state index contributed by atoms with van der Waals surface area (Å²) in [7, 11) is 0. The normalized spacial score (nSPS) is 12.4. The van der Waals surface area contributed by atoms with E-state index >= 15 is 0 Å². The number of hydrogen-bond donors (Lipinski definition) is 2. The van der Waals surface area contributed by atoms with E-state index in [1.165, 1.54) is 0 Å². The van der Waals surface area contributed by atoms with Crippen LogP contribution in [0.15, 0.2) is 28.7 Å². The third-order valence-corrected chi connectivity index (χ3v) is 2.69. The molecule has 0 fully saturated rings. The first-order chi connectivity index (χ1) is 7.13. The molecule has 2 N–H and O–H groups in total. The topological polar surface area (TPSA) is 57.5 Å². The van der Waals surface area contributed by atoms with E-state index in [9.17, 15) is 4.79 Å². The molecular weight excluding hydrogens is 260 g/mol. The van der Waals surface area contributed by atoms with Crippen molar-refractivity contribution < 1.29 is 15.0 Å². The molecule has 1 rings (SSSR count). The number of benzene rings is 1. The standard InChI is InChI=1S/C11H13BrO3/c12-10-3-1-2-8(7-10)6-9(4-5-13)11(14)15/h1-3,7,9,13H,4-6H2,(H,14,15). The van der Waals surface area contributed by atoms with E-state index in [1.807, 2.05) is 24.3 Å². The lowest BCUT2D eigenvalue weighted by Crippen LogP contribution is -2.17. The van der Waals surface area contributed by atoms with E-state index in [0.717, 1.165) is 10.0 Å². The molecule has 15 heavy (non-hydrogen) atoms.